The number of nitrogens with zero attached hydrogens (tertiary/aromatic N) is 1. The van der Waals surface area contributed by atoms with Gasteiger partial charge in [-0.1, -0.05) is 13.0 Å². The second-order valence-corrected chi connectivity index (χ2v) is 3.32. The molecule has 0 saturated carbocycles. The van der Waals surface area contributed by atoms with Crippen LogP contribution in [0.4, 0.5) is 13.2 Å². The van der Waals surface area contributed by atoms with Crippen LogP contribution in [-0.4, -0.2) is 4.57 Å². The molecule has 0 radical (unpaired) electrons. The topological polar surface area (TPSA) is 22.0 Å². The molecule has 0 aromatic carbocycles. The minimum absolute atomic E-state index is 0.222. The Morgan fingerprint density at radius 1 is 1.44 bits per heavy atom. The van der Waals surface area contributed by atoms with Crippen molar-refractivity contribution in [2.45, 2.75) is 26.1 Å². The lowest BCUT2D eigenvalue weighted by molar-refractivity contribution is -0.137. The predicted molar refractivity (Wildman–Crippen MR) is 55.3 cm³/mol. The molecule has 1 heterocycles. The monoisotopic (exact) mass is 231 g/mol. The predicted octanol–water partition coefficient (Wildman–Crippen LogP) is 2.62. The summed E-state index contributed by atoms with van der Waals surface area (Å²) in [5.74, 6) is 0. The average Bonchev–Trinajstić information content (AvgIpc) is 2.19. The molecule has 0 unspecified atom stereocenters. The van der Waals surface area contributed by atoms with Crippen molar-refractivity contribution >= 4 is 0 Å². The van der Waals surface area contributed by atoms with Crippen LogP contribution < -0.4 is 5.56 Å². The molecule has 0 bridgehead atoms. The lowest BCUT2D eigenvalue weighted by atomic mass is 10.2. The van der Waals surface area contributed by atoms with Crippen molar-refractivity contribution in [3.63, 3.8) is 0 Å². The van der Waals surface area contributed by atoms with E-state index < -0.39 is 17.3 Å². The molecule has 0 N–H and O–H groups in total. The fourth-order valence-electron chi connectivity index (χ4n) is 1.44. The first-order chi connectivity index (χ1) is 7.40. The molecule has 5 heteroatoms. The first kappa shape index (κ1) is 12.5. The van der Waals surface area contributed by atoms with Gasteiger partial charge < -0.3 is 4.57 Å². The third-order valence-electron chi connectivity index (χ3n) is 2.22. The quantitative estimate of drug-likeness (QED) is 0.733. The average molecular weight is 231 g/mol. The van der Waals surface area contributed by atoms with E-state index in [0.29, 0.717) is 18.2 Å². The zero-order valence-electron chi connectivity index (χ0n) is 8.84. The van der Waals surface area contributed by atoms with E-state index in [1.165, 1.54) is 10.6 Å². The van der Waals surface area contributed by atoms with E-state index >= 15 is 0 Å². The Kier molecular flexibility index (Phi) is 3.57. The largest absolute Gasteiger partial charge is 0.416 e. The van der Waals surface area contributed by atoms with Crippen molar-refractivity contribution in [2.75, 3.05) is 0 Å². The molecule has 0 fully saturated rings. The molecule has 0 aliphatic carbocycles. The van der Waals surface area contributed by atoms with Crippen LogP contribution in [0.5, 0.6) is 0 Å². The summed E-state index contributed by atoms with van der Waals surface area (Å²) in [5, 5.41) is 0. The number of aromatic nitrogens is 1. The first-order valence-corrected chi connectivity index (χ1v) is 4.82. The Morgan fingerprint density at radius 2 is 2.06 bits per heavy atom. The summed E-state index contributed by atoms with van der Waals surface area (Å²) in [6.45, 7) is 5.39. The van der Waals surface area contributed by atoms with Gasteiger partial charge in [0, 0.05) is 18.3 Å². The summed E-state index contributed by atoms with van der Waals surface area (Å²) in [6, 6.07) is 1.62. The van der Waals surface area contributed by atoms with Crippen LogP contribution in [0, 0.1) is 0 Å². The lowest BCUT2D eigenvalue weighted by Crippen LogP contribution is -2.24. The molecule has 1 aromatic heterocycles. The van der Waals surface area contributed by atoms with Gasteiger partial charge in [-0.05, 0) is 12.5 Å². The summed E-state index contributed by atoms with van der Waals surface area (Å²) in [4.78, 5) is 11.5. The third-order valence-corrected chi connectivity index (χ3v) is 2.22. The molecule has 0 atom stereocenters. The van der Waals surface area contributed by atoms with Crippen LogP contribution in [0.3, 0.4) is 0 Å². The Labute approximate surface area is 91.0 Å². The Balaban J connectivity index is 3.38. The Bertz CT molecular complexity index is 446. The number of pyridine rings is 1. The van der Waals surface area contributed by atoms with E-state index in [1.54, 1.807) is 6.92 Å². The Hall–Kier alpha value is -1.52. The van der Waals surface area contributed by atoms with Crippen molar-refractivity contribution in [1.29, 1.82) is 0 Å². The number of aryl methyl sites for hydroxylation is 1. The van der Waals surface area contributed by atoms with Gasteiger partial charge in [0.1, 0.15) is 0 Å². The molecule has 1 aromatic rings. The molecule has 16 heavy (non-hydrogen) atoms. The van der Waals surface area contributed by atoms with Gasteiger partial charge >= 0.3 is 6.18 Å². The normalized spacial score (nSPS) is 11.5. The van der Waals surface area contributed by atoms with Crippen LogP contribution in [0.25, 0.3) is 0 Å². The van der Waals surface area contributed by atoms with Crippen LogP contribution >= 0.6 is 0 Å². The lowest BCUT2D eigenvalue weighted by Gasteiger charge is -2.13. The molecular formula is C11H12F3NO. The smallest absolute Gasteiger partial charge is 0.309 e. The maximum absolute atomic E-state index is 12.4. The number of rotatable bonds is 3. The molecule has 0 amide bonds. The number of hydrogen-bond donors (Lipinski definition) is 0. The van der Waals surface area contributed by atoms with Crippen molar-refractivity contribution in [3.05, 3.63) is 46.4 Å². The van der Waals surface area contributed by atoms with E-state index in [1.807, 2.05) is 0 Å². The molecule has 0 saturated heterocycles. The van der Waals surface area contributed by atoms with Gasteiger partial charge in [-0.2, -0.15) is 13.2 Å². The second-order valence-electron chi connectivity index (χ2n) is 3.32. The first-order valence-electron chi connectivity index (χ1n) is 4.82. The molecule has 2 nitrogen and oxygen atoms in total. The van der Waals surface area contributed by atoms with Gasteiger partial charge in [-0.15, -0.1) is 6.58 Å². The summed E-state index contributed by atoms with van der Waals surface area (Å²) in [7, 11) is 0. The number of hydrogen-bond acceptors (Lipinski definition) is 1. The highest BCUT2D eigenvalue weighted by atomic mass is 19.4. The third kappa shape index (κ3) is 2.53. The van der Waals surface area contributed by atoms with Gasteiger partial charge in [0.15, 0.2) is 0 Å². The molecular weight excluding hydrogens is 219 g/mol. The summed E-state index contributed by atoms with van der Waals surface area (Å²) < 4.78 is 38.6. The fourth-order valence-corrected chi connectivity index (χ4v) is 1.44. The van der Waals surface area contributed by atoms with E-state index in [2.05, 4.69) is 6.58 Å². The molecule has 1 rings (SSSR count). The summed E-state index contributed by atoms with van der Waals surface area (Å²) >= 11 is 0. The number of halogens is 3. The summed E-state index contributed by atoms with van der Waals surface area (Å²) in [5.41, 5.74) is -1.18. The summed E-state index contributed by atoms with van der Waals surface area (Å²) in [6.07, 6.45) is -2.63. The zero-order valence-corrected chi connectivity index (χ0v) is 8.84. The van der Waals surface area contributed by atoms with Crippen LogP contribution in [0.2, 0.25) is 0 Å². The van der Waals surface area contributed by atoms with Gasteiger partial charge in [0.05, 0.1) is 5.56 Å². The SMILES string of the molecule is C=CCn1c(CC)cc(C(F)(F)F)cc1=O. The minimum atomic E-state index is -4.48. The van der Waals surface area contributed by atoms with Crippen molar-refractivity contribution < 1.29 is 13.2 Å². The van der Waals surface area contributed by atoms with Gasteiger partial charge in [-0.25, -0.2) is 0 Å². The van der Waals surface area contributed by atoms with Crippen LogP contribution in [0.15, 0.2) is 29.6 Å². The van der Waals surface area contributed by atoms with Crippen molar-refractivity contribution in [1.82, 2.24) is 4.57 Å². The van der Waals surface area contributed by atoms with E-state index in [9.17, 15) is 18.0 Å². The van der Waals surface area contributed by atoms with Gasteiger partial charge in [0.25, 0.3) is 5.56 Å². The standard InChI is InChI=1S/C11H12F3NO/c1-3-5-15-9(4-2)6-8(7-10(15)16)11(12,13)14/h3,6-7H,1,4-5H2,2H3. The van der Waals surface area contributed by atoms with E-state index in [0.717, 1.165) is 6.07 Å². The second kappa shape index (κ2) is 4.55. The molecule has 0 aliphatic heterocycles. The maximum Gasteiger partial charge on any atom is 0.416 e. The van der Waals surface area contributed by atoms with E-state index in [-0.39, 0.29) is 6.54 Å². The number of alkyl halides is 3. The maximum atomic E-state index is 12.4. The molecule has 0 spiro atoms. The molecule has 0 aliphatic rings. The number of allylic oxidation sites excluding steroid dienone is 1. The minimum Gasteiger partial charge on any atom is -0.309 e. The van der Waals surface area contributed by atoms with Crippen molar-refractivity contribution in [3.8, 4) is 0 Å². The Morgan fingerprint density at radius 3 is 2.50 bits per heavy atom. The van der Waals surface area contributed by atoms with Crippen LogP contribution in [-0.2, 0) is 19.1 Å². The highest BCUT2D eigenvalue weighted by Crippen LogP contribution is 2.28. The van der Waals surface area contributed by atoms with Gasteiger partial charge in [0.2, 0.25) is 0 Å². The van der Waals surface area contributed by atoms with E-state index in [4.69, 9.17) is 0 Å². The highest BCUT2D eigenvalue weighted by molar-refractivity contribution is 5.21. The highest BCUT2D eigenvalue weighted by Gasteiger charge is 2.31. The fraction of sp³-hybridized carbons (Fsp3) is 0.364. The van der Waals surface area contributed by atoms with Crippen LogP contribution in [0.1, 0.15) is 18.2 Å². The molecule has 88 valence electrons. The van der Waals surface area contributed by atoms with Crippen molar-refractivity contribution in [2.24, 2.45) is 0 Å². The van der Waals surface area contributed by atoms with Gasteiger partial charge in [-0.3, -0.25) is 4.79 Å². The zero-order chi connectivity index (χ0) is 12.3.